The predicted molar refractivity (Wildman–Crippen MR) is 88.5 cm³/mol. The molecule has 1 fully saturated rings. The summed E-state index contributed by atoms with van der Waals surface area (Å²) in [7, 11) is -3.15. The number of nitrogens with zero attached hydrogens (tertiary/aromatic N) is 1. The molecule has 1 aliphatic rings. The summed E-state index contributed by atoms with van der Waals surface area (Å²) in [6.07, 6.45) is -0.100. The highest BCUT2D eigenvalue weighted by Gasteiger charge is 2.25. The molecule has 6 heteroatoms. The van der Waals surface area contributed by atoms with Crippen LogP contribution in [0.25, 0.3) is 0 Å². The van der Waals surface area contributed by atoms with Gasteiger partial charge in [-0.1, -0.05) is 6.92 Å². The number of sulfone groups is 1. The molecule has 0 saturated carbocycles. The summed E-state index contributed by atoms with van der Waals surface area (Å²) in [6, 6.07) is 10.9. The summed E-state index contributed by atoms with van der Waals surface area (Å²) in [5.74, 6) is 1.82. The second-order valence-electron chi connectivity index (χ2n) is 5.65. The van der Waals surface area contributed by atoms with E-state index in [4.69, 9.17) is 9.15 Å². The van der Waals surface area contributed by atoms with Crippen LogP contribution in [0.4, 0.5) is 5.69 Å². The Hall–Kier alpha value is -1.79. The first-order valence-corrected chi connectivity index (χ1v) is 9.40. The van der Waals surface area contributed by atoms with Crippen LogP contribution < -0.4 is 4.90 Å². The van der Waals surface area contributed by atoms with Gasteiger partial charge in [-0.15, -0.1) is 0 Å². The van der Waals surface area contributed by atoms with Crippen LogP contribution in [0.15, 0.2) is 45.7 Å². The maximum absolute atomic E-state index is 11.9. The number of rotatable bonds is 4. The van der Waals surface area contributed by atoms with E-state index >= 15 is 0 Å². The molecule has 2 heterocycles. The van der Waals surface area contributed by atoms with E-state index < -0.39 is 9.84 Å². The van der Waals surface area contributed by atoms with Gasteiger partial charge in [0.05, 0.1) is 23.8 Å². The smallest absolute Gasteiger partial charge is 0.178 e. The zero-order valence-corrected chi connectivity index (χ0v) is 14.2. The Kier molecular flexibility index (Phi) is 4.46. The van der Waals surface area contributed by atoms with E-state index in [1.165, 1.54) is 0 Å². The average Bonchev–Trinajstić information content (AvgIpc) is 3.02. The SMILES string of the molecule is CCS(=O)(=O)c1ccc(N2CCO[C@H](c3ccc(C)o3)C2)cc1. The van der Waals surface area contributed by atoms with Crippen molar-refractivity contribution in [2.45, 2.75) is 24.8 Å². The fraction of sp³-hybridized carbons (Fsp3) is 0.412. The second kappa shape index (κ2) is 6.37. The largest absolute Gasteiger partial charge is 0.464 e. The summed E-state index contributed by atoms with van der Waals surface area (Å²) >= 11 is 0. The van der Waals surface area contributed by atoms with Gasteiger partial charge in [-0.25, -0.2) is 8.42 Å². The van der Waals surface area contributed by atoms with Crippen molar-refractivity contribution in [3.05, 3.63) is 47.9 Å². The van der Waals surface area contributed by atoms with Gasteiger partial charge in [-0.3, -0.25) is 0 Å². The fourth-order valence-electron chi connectivity index (χ4n) is 2.71. The van der Waals surface area contributed by atoms with Crippen LogP contribution in [-0.4, -0.2) is 33.9 Å². The molecular formula is C17H21NO4S. The highest BCUT2D eigenvalue weighted by molar-refractivity contribution is 7.91. The Bertz CT molecular complexity index is 764. The summed E-state index contributed by atoms with van der Waals surface area (Å²) in [6.45, 7) is 5.64. The van der Waals surface area contributed by atoms with E-state index in [0.29, 0.717) is 18.0 Å². The third kappa shape index (κ3) is 3.43. The molecule has 1 saturated heterocycles. The maximum Gasteiger partial charge on any atom is 0.178 e. The molecule has 2 aromatic rings. The highest BCUT2D eigenvalue weighted by atomic mass is 32.2. The van der Waals surface area contributed by atoms with Crippen molar-refractivity contribution in [1.29, 1.82) is 0 Å². The quantitative estimate of drug-likeness (QED) is 0.860. The van der Waals surface area contributed by atoms with Gasteiger partial charge < -0.3 is 14.1 Å². The third-order valence-electron chi connectivity index (χ3n) is 4.09. The first kappa shape index (κ1) is 16.1. The molecular weight excluding hydrogens is 314 g/mol. The van der Waals surface area contributed by atoms with Gasteiger partial charge in [0.15, 0.2) is 9.84 Å². The van der Waals surface area contributed by atoms with E-state index in [9.17, 15) is 8.42 Å². The lowest BCUT2D eigenvalue weighted by Gasteiger charge is -2.33. The molecule has 0 radical (unpaired) electrons. The molecule has 5 nitrogen and oxygen atoms in total. The fourth-order valence-corrected chi connectivity index (χ4v) is 3.60. The zero-order chi connectivity index (χ0) is 16.4. The van der Waals surface area contributed by atoms with E-state index in [1.807, 2.05) is 31.2 Å². The van der Waals surface area contributed by atoms with Crippen LogP contribution in [0.3, 0.4) is 0 Å². The molecule has 1 aromatic heterocycles. The summed E-state index contributed by atoms with van der Waals surface area (Å²) in [5, 5.41) is 0. The summed E-state index contributed by atoms with van der Waals surface area (Å²) in [5.41, 5.74) is 0.997. The summed E-state index contributed by atoms with van der Waals surface area (Å²) < 4.78 is 35.2. The molecule has 0 N–H and O–H groups in total. The van der Waals surface area contributed by atoms with Crippen molar-refractivity contribution in [3.63, 3.8) is 0 Å². The predicted octanol–water partition coefficient (Wildman–Crippen LogP) is 2.96. The number of ether oxygens (including phenoxy) is 1. The lowest BCUT2D eigenvalue weighted by Crippen LogP contribution is -2.38. The minimum absolute atomic E-state index is 0.100. The molecule has 0 aliphatic carbocycles. The number of anilines is 1. The molecule has 124 valence electrons. The van der Waals surface area contributed by atoms with Gasteiger partial charge in [0.25, 0.3) is 0 Å². The number of furan rings is 1. The van der Waals surface area contributed by atoms with Gasteiger partial charge in [-0.05, 0) is 43.3 Å². The first-order chi connectivity index (χ1) is 11.0. The minimum atomic E-state index is -3.15. The minimum Gasteiger partial charge on any atom is -0.464 e. The van der Waals surface area contributed by atoms with E-state index in [2.05, 4.69) is 4.90 Å². The first-order valence-electron chi connectivity index (χ1n) is 7.75. The van der Waals surface area contributed by atoms with E-state index in [-0.39, 0.29) is 11.9 Å². The van der Waals surface area contributed by atoms with Gasteiger partial charge in [0, 0.05) is 12.2 Å². The monoisotopic (exact) mass is 335 g/mol. The lowest BCUT2D eigenvalue weighted by molar-refractivity contribution is 0.0253. The molecule has 1 aliphatic heterocycles. The molecule has 23 heavy (non-hydrogen) atoms. The lowest BCUT2D eigenvalue weighted by atomic mass is 10.2. The molecule has 1 atom stereocenters. The normalized spacial score (nSPS) is 19.0. The van der Waals surface area contributed by atoms with Crippen LogP contribution in [0, 0.1) is 6.92 Å². The summed E-state index contributed by atoms with van der Waals surface area (Å²) in [4.78, 5) is 2.56. The average molecular weight is 335 g/mol. The van der Waals surface area contributed by atoms with Crippen molar-refractivity contribution in [1.82, 2.24) is 0 Å². The van der Waals surface area contributed by atoms with E-state index in [0.717, 1.165) is 23.8 Å². The molecule has 0 bridgehead atoms. The van der Waals surface area contributed by atoms with Crippen molar-refractivity contribution >= 4 is 15.5 Å². The Morgan fingerprint density at radius 3 is 2.52 bits per heavy atom. The zero-order valence-electron chi connectivity index (χ0n) is 13.4. The van der Waals surface area contributed by atoms with Crippen LogP contribution in [0.5, 0.6) is 0 Å². The molecule has 0 unspecified atom stereocenters. The topological polar surface area (TPSA) is 59.8 Å². The van der Waals surface area contributed by atoms with Crippen LogP contribution in [0.1, 0.15) is 24.5 Å². The number of benzene rings is 1. The van der Waals surface area contributed by atoms with Gasteiger partial charge in [0.1, 0.15) is 17.6 Å². The van der Waals surface area contributed by atoms with Gasteiger partial charge in [-0.2, -0.15) is 0 Å². The van der Waals surface area contributed by atoms with Crippen molar-refractivity contribution in [3.8, 4) is 0 Å². The van der Waals surface area contributed by atoms with Gasteiger partial charge in [0.2, 0.25) is 0 Å². The van der Waals surface area contributed by atoms with Gasteiger partial charge >= 0.3 is 0 Å². The molecule has 3 rings (SSSR count). The van der Waals surface area contributed by atoms with Crippen molar-refractivity contribution in [2.75, 3.05) is 30.3 Å². The highest BCUT2D eigenvalue weighted by Crippen LogP contribution is 2.28. The van der Waals surface area contributed by atoms with E-state index in [1.54, 1.807) is 19.1 Å². The number of hydrogen-bond acceptors (Lipinski definition) is 5. The molecule has 0 amide bonds. The second-order valence-corrected chi connectivity index (χ2v) is 7.93. The van der Waals surface area contributed by atoms with Crippen LogP contribution in [0.2, 0.25) is 0 Å². The molecule has 1 aromatic carbocycles. The Balaban J connectivity index is 1.76. The standard InChI is InChI=1S/C17H21NO4S/c1-3-23(19,20)15-7-5-14(6-8-15)18-10-11-21-17(12-18)16-9-4-13(2)22-16/h4-9,17H,3,10-12H2,1-2H3/t17-/m0/s1. The van der Waals surface area contributed by atoms with Crippen molar-refractivity contribution < 1.29 is 17.6 Å². The third-order valence-corrected chi connectivity index (χ3v) is 5.84. The molecule has 0 spiro atoms. The van der Waals surface area contributed by atoms with Crippen molar-refractivity contribution in [2.24, 2.45) is 0 Å². The number of morpholine rings is 1. The Morgan fingerprint density at radius 1 is 1.17 bits per heavy atom. The Labute approximate surface area is 136 Å². The number of aryl methyl sites for hydroxylation is 1. The number of hydrogen-bond donors (Lipinski definition) is 0. The maximum atomic E-state index is 11.9. The van der Waals surface area contributed by atoms with Crippen LogP contribution >= 0.6 is 0 Å². The van der Waals surface area contributed by atoms with Crippen LogP contribution in [-0.2, 0) is 14.6 Å². The Morgan fingerprint density at radius 2 is 1.91 bits per heavy atom.